The molecule has 10 heteroatoms. The first kappa shape index (κ1) is 23.3. The van der Waals surface area contributed by atoms with Gasteiger partial charge in [0.2, 0.25) is 0 Å². The van der Waals surface area contributed by atoms with Crippen LogP contribution >= 0.6 is 0 Å². The van der Waals surface area contributed by atoms with E-state index in [0.717, 1.165) is 36.1 Å². The lowest BCUT2D eigenvalue weighted by Crippen LogP contribution is -2.44. The summed E-state index contributed by atoms with van der Waals surface area (Å²) in [6.07, 6.45) is -1.61. The van der Waals surface area contributed by atoms with Crippen molar-refractivity contribution >= 4 is 11.8 Å². The lowest BCUT2D eigenvalue weighted by atomic mass is 10.1. The van der Waals surface area contributed by atoms with E-state index < -0.39 is 23.6 Å². The highest BCUT2D eigenvalue weighted by molar-refractivity contribution is 5.96. The van der Waals surface area contributed by atoms with Gasteiger partial charge >= 0.3 is 6.18 Å². The number of hydrogen-bond donors (Lipinski definition) is 2. The molecule has 0 unspecified atom stereocenters. The Hall–Kier alpha value is -3.82. The van der Waals surface area contributed by atoms with Crippen molar-refractivity contribution in [2.75, 3.05) is 6.61 Å². The quantitative estimate of drug-likeness (QED) is 0.526. The molecular weight excluding hydrogens is 449 g/mol. The summed E-state index contributed by atoms with van der Waals surface area (Å²) in [5, 5.41) is 4.16. The van der Waals surface area contributed by atoms with Crippen LogP contribution in [0.2, 0.25) is 0 Å². The van der Waals surface area contributed by atoms with Crippen LogP contribution in [0.15, 0.2) is 48.7 Å². The first-order chi connectivity index (χ1) is 16.1. The molecule has 1 heterocycles. The van der Waals surface area contributed by atoms with Crippen molar-refractivity contribution < 1.29 is 27.5 Å². The first-order valence-corrected chi connectivity index (χ1v) is 10.7. The predicted octanol–water partition coefficient (Wildman–Crippen LogP) is 4.23. The Balaban J connectivity index is 1.44. The maximum Gasteiger partial charge on any atom is 0.416 e. The van der Waals surface area contributed by atoms with Crippen molar-refractivity contribution in [1.82, 2.24) is 20.6 Å². The fourth-order valence-corrected chi connectivity index (χ4v) is 3.54. The van der Waals surface area contributed by atoms with Gasteiger partial charge in [-0.15, -0.1) is 0 Å². The van der Waals surface area contributed by atoms with Crippen LogP contribution < -0.4 is 15.6 Å². The topological polar surface area (TPSA) is 85.2 Å². The van der Waals surface area contributed by atoms with Crippen molar-refractivity contribution in [3.05, 3.63) is 76.6 Å². The van der Waals surface area contributed by atoms with Crippen molar-refractivity contribution in [2.24, 2.45) is 0 Å². The Kier molecular flexibility index (Phi) is 6.32. The second-order valence-corrected chi connectivity index (χ2v) is 8.24. The minimum Gasteiger partial charge on any atom is -0.483 e. The SMILES string of the molecule is Cc1ccc(C)c(OCC(=O)NNC(=O)c2cnn(-c3cccc(C(F)(F)F)c3)c2C2CC2)c1. The van der Waals surface area contributed by atoms with Gasteiger partial charge in [0.25, 0.3) is 11.8 Å². The summed E-state index contributed by atoms with van der Waals surface area (Å²) in [6.45, 7) is 3.46. The summed E-state index contributed by atoms with van der Waals surface area (Å²) in [7, 11) is 0. The molecule has 0 aliphatic heterocycles. The summed E-state index contributed by atoms with van der Waals surface area (Å²) in [5.74, 6) is -0.603. The van der Waals surface area contributed by atoms with E-state index in [-0.39, 0.29) is 23.8 Å². The number of carbonyl (C=O) groups excluding carboxylic acids is 2. The third-order valence-electron chi connectivity index (χ3n) is 5.45. The third kappa shape index (κ3) is 5.22. The van der Waals surface area contributed by atoms with Crippen molar-refractivity contribution in [2.45, 2.75) is 38.8 Å². The normalized spacial score (nSPS) is 13.4. The van der Waals surface area contributed by atoms with Gasteiger partial charge < -0.3 is 4.74 Å². The second kappa shape index (κ2) is 9.20. The Labute approximate surface area is 193 Å². The van der Waals surface area contributed by atoms with Gasteiger partial charge in [-0.2, -0.15) is 18.3 Å². The number of nitrogens with one attached hydrogen (secondary N) is 2. The smallest absolute Gasteiger partial charge is 0.416 e. The minimum atomic E-state index is -4.49. The highest BCUT2D eigenvalue weighted by atomic mass is 19.4. The van der Waals surface area contributed by atoms with Crippen LogP contribution in [-0.2, 0) is 11.0 Å². The van der Waals surface area contributed by atoms with E-state index in [1.54, 1.807) is 0 Å². The van der Waals surface area contributed by atoms with Crippen molar-refractivity contribution in [1.29, 1.82) is 0 Å². The molecule has 0 radical (unpaired) electrons. The van der Waals surface area contributed by atoms with Gasteiger partial charge in [0, 0.05) is 5.92 Å². The molecule has 1 aromatic heterocycles. The maximum atomic E-state index is 13.1. The fourth-order valence-electron chi connectivity index (χ4n) is 3.54. The second-order valence-electron chi connectivity index (χ2n) is 8.24. The number of rotatable bonds is 6. The van der Waals surface area contributed by atoms with E-state index >= 15 is 0 Å². The Morgan fingerprint density at radius 3 is 2.59 bits per heavy atom. The van der Waals surface area contributed by atoms with Gasteiger partial charge in [-0.25, -0.2) is 4.68 Å². The van der Waals surface area contributed by atoms with Crippen LogP contribution in [0.25, 0.3) is 5.69 Å². The average molecular weight is 472 g/mol. The zero-order valence-electron chi connectivity index (χ0n) is 18.6. The predicted molar refractivity (Wildman–Crippen MR) is 118 cm³/mol. The number of hydrogen-bond acceptors (Lipinski definition) is 4. The minimum absolute atomic E-state index is 0.00104. The van der Waals surface area contributed by atoms with Crippen LogP contribution in [-0.4, -0.2) is 28.2 Å². The number of halogens is 3. The highest BCUT2D eigenvalue weighted by Gasteiger charge is 2.34. The van der Waals surface area contributed by atoms with Crippen molar-refractivity contribution in [3.63, 3.8) is 0 Å². The Morgan fingerprint density at radius 1 is 1.12 bits per heavy atom. The van der Waals surface area contributed by atoms with Crippen LogP contribution in [0, 0.1) is 13.8 Å². The molecule has 0 saturated heterocycles. The first-order valence-electron chi connectivity index (χ1n) is 10.7. The number of benzene rings is 2. The molecule has 0 bridgehead atoms. The molecule has 0 atom stereocenters. The monoisotopic (exact) mass is 472 g/mol. The maximum absolute atomic E-state index is 13.1. The lowest BCUT2D eigenvalue weighted by molar-refractivity contribution is -0.137. The van der Waals surface area contributed by atoms with E-state index in [1.165, 1.54) is 23.0 Å². The molecule has 1 saturated carbocycles. The molecule has 1 aliphatic rings. The van der Waals surface area contributed by atoms with Crippen LogP contribution in [0.1, 0.15) is 51.5 Å². The molecule has 0 spiro atoms. The lowest BCUT2D eigenvalue weighted by Gasteiger charge is -2.13. The zero-order valence-corrected chi connectivity index (χ0v) is 18.6. The average Bonchev–Trinajstić information content (AvgIpc) is 3.55. The molecule has 4 rings (SSSR count). The van der Waals surface area contributed by atoms with Gasteiger partial charge in [-0.1, -0.05) is 18.2 Å². The summed E-state index contributed by atoms with van der Waals surface area (Å²) in [6, 6.07) is 10.4. The molecule has 2 aromatic carbocycles. The summed E-state index contributed by atoms with van der Waals surface area (Å²) in [4.78, 5) is 24.9. The highest BCUT2D eigenvalue weighted by Crippen LogP contribution is 2.42. The van der Waals surface area contributed by atoms with Gasteiger partial charge in [0.05, 0.1) is 28.7 Å². The van der Waals surface area contributed by atoms with Gasteiger partial charge in [-0.3, -0.25) is 20.4 Å². The summed E-state index contributed by atoms with van der Waals surface area (Å²) in [5.41, 5.74) is 6.60. The summed E-state index contributed by atoms with van der Waals surface area (Å²) >= 11 is 0. The number of nitrogens with zero attached hydrogens (tertiary/aromatic N) is 2. The number of carbonyl (C=O) groups is 2. The standard InChI is InChI=1S/C24H23F3N4O3/c1-14-6-7-15(2)20(10-14)34-13-21(32)29-30-23(33)19-12-28-31(22(19)16-8-9-16)18-5-3-4-17(11-18)24(25,26)27/h3-7,10-12,16H,8-9,13H2,1-2H3,(H,29,32)(H,30,33). The molecular formula is C24H23F3N4O3. The van der Waals surface area contributed by atoms with Crippen LogP contribution in [0.4, 0.5) is 13.2 Å². The van der Waals surface area contributed by atoms with Crippen LogP contribution in [0.3, 0.4) is 0 Å². The van der Waals surface area contributed by atoms with E-state index in [0.29, 0.717) is 11.4 Å². The number of alkyl halides is 3. The van der Waals surface area contributed by atoms with Crippen molar-refractivity contribution in [3.8, 4) is 11.4 Å². The van der Waals surface area contributed by atoms with Gasteiger partial charge in [0.1, 0.15) is 5.75 Å². The Morgan fingerprint density at radius 2 is 1.88 bits per heavy atom. The summed E-state index contributed by atoms with van der Waals surface area (Å²) < 4.78 is 46.3. The van der Waals surface area contributed by atoms with E-state index in [9.17, 15) is 22.8 Å². The Bertz CT molecular complexity index is 1230. The molecule has 7 nitrogen and oxygen atoms in total. The van der Waals surface area contributed by atoms with Gasteiger partial charge in [-0.05, 0) is 62.1 Å². The van der Waals surface area contributed by atoms with E-state index in [4.69, 9.17) is 4.74 Å². The zero-order chi connectivity index (χ0) is 24.5. The number of aromatic nitrogens is 2. The van der Waals surface area contributed by atoms with E-state index in [2.05, 4.69) is 16.0 Å². The molecule has 1 fully saturated rings. The molecule has 3 aromatic rings. The molecule has 2 amide bonds. The fraction of sp³-hybridized carbons (Fsp3) is 0.292. The molecule has 2 N–H and O–H groups in total. The molecule has 1 aliphatic carbocycles. The molecule has 178 valence electrons. The number of hydrazine groups is 1. The molecule has 34 heavy (non-hydrogen) atoms. The largest absolute Gasteiger partial charge is 0.483 e. The van der Waals surface area contributed by atoms with E-state index in [1.807, 2.05) is 32.0 Å². The third-order valence-corrected chi connectivity index (χ3v) is 5.45. The number of aryl methyl sites for hydroxylation is 2. The van der Waals surface area contributed by atoms with Gasteiger partial charge in [0.15, 0.2) is 6.61 Å². The number of ether oxygens (including phenoxy) is 1. The van der Waals surface area contributed by atoms with Crippen LogP contribution in [0.5, 0.6) is 5.75 Å². The number of amides is 2.